The molecule has 0 bridgehead atoms. The molecule has 26 heavy (non-hydrogen) atoms. The van der Waals surface area contributed by atoms with Crippen molar-refractivity contribution in [1.29, 1.82) is 0 Å². The summed E-state index contributed by atoms with van der Waals surface area (Å²) >= 11 is 0. The lowest BCUT2D eigenvalue weighted by Crippen LogP contribution is -2.15. The molecule has 0 aliphatic carbocycles. The van der Waals surface area contributed by atoms with Gasteiger partial charge in [-0.05, 0) is 30.5 Å². The Labute approximate surface area is 153 Å². The number of carbonyl (C=O) groups excluding carboxylic acids is 1. The minimum Gasteiger partial charge on any atom is -0.462 e. The molecule has 0 unspecified atom stereocenters. The van der Waals surface area contributed by atoms with Crippen molar-refractivity contribution in [3.8, 4) is 17.4 Å². The molecular formula is C21H23N3O2. The summed E-state index contributed by atoms with van der Waals surface area (Å²) in [5.74, 6) is 0.269. The van der Waals surface area contributed by atoms with Crippen LogP contribution >= 0.6 is 0 Å². The van der Waals surface area contributed by atoms with E-state index < -0.39 is 0 Å². The Morgan fingerprint density at radius 3 is 2.42 bits per heavy atom. The standard InChI is InChI=1S/C21H23N3O2/c1-3-5-15-26-21-22-19(17-13-11-16(4-2)12-14-17)24(23-21)20(25)18-9-7-6-8-10-18/h6-14H,3-5,15H2,1-2H3. The zero-order valence-electron chi connectivity index (χ0n) is 15.2. The molecule has 5 nitrogen and oxygen atoms in total. The summed E-state index contributed by atoms with van der Waals surface area (Å²) in [5, 5.41) is 4.31. The lowest BCUT2D eigenvalue weighted by atomic mass is 10.1. The normalized spacial score (nSPS) is 10.7. The number of rotatable bonds is 7. The monoisotopic (exact) mass is 349 g/mol. The molecule has 0 aliphatic heterocycles. The van der Waals surface area contributed by atoms with Crippen molar-refractivity contribution >= 4 is 5.91 Å². The molecule has 5 heteroatoms. The predicted molar refractivity (Wildman–Crippen MR) is 101 cm³/mol. The quantitative estimate of drug-likeness (QED) is 0.594. The number of benzene rings is 2. The van der Waals surface area contributed by atoms with Crippen LogP contribution < -0.4 is 4.74 Å². The summed E-state index contributed by atoms with van der Waals surface area (Å²) in [6.07, 6.45) is 2.90. The molecule has 0 spiro atoms. The fourth-order valence-corrected chi connectivity index (χ4v) is 2.58. The number of hydrogen-bond acceptors (Lipinski definition) is 4. The van der Waals surface area contributed by atoms with Crippen molar-refractivity contribution < 1.29 is 9.53 Å². The Kier molecular flexibility index (Phi) is 5.79. The number of carbonyl (C=O) groups is 1. The fourth-order valence-electron chi connectivity index (χ4n) is 2.58. The van der Waals surface area contributed by atoms with Crippen LogP contribution in [0, 0.1) is 0 Å². The van der Waals surface area contributed by atoms with Crippen LogP contribution in [0.5, 0.6) is 6.01 Å². The third-order valence-electron chi connectivity index (χ3n) is 4.15. The molecule has 0 aliphatic rings. The average molecular weight is 349 g/mol. The highest BCUT2D eigenvalue weighted by Crippen LogP contribution is 2.22. The van der Waals surface area contributed by atoms with Gasteiger partial charge in [0.2, 0.25) is 0 Å². The van der Waals surface area contributed by atoms with E-state index in [9.17, 15) is 4.79 Å². The molecule has 3 aromatic rings. The molecule has 1 heterocycles. The first-order valence-electron chi connectivity index (χ1n) is 9.01. The Bertz CT molecular complexity index is 855. The lowest BCUT2D eigenvalue weighted by molar-refractivity contribution is 0.0944. The van der Waals surface area contributed by atoms with Crippen LogP contribution in [0.1, 0.15) is 42.6 Å². The molecule has 134 valence electrons. The molecule has 0 N–H and O–H groups in total. The van der Waals surface area contributed by atoms with Gasteiger partial charge in [0, 0.05) is 11.1 Å². The molecular weight excluding hydrogens is 326 g/mol. The van der Waals surface area contributed by atoms with E-state index in [4.69, 9.17) is 4.74 Å². The Morgan fingerprint density at radius 1 is 1.04 bits per heavy atom. The Balaban J connectivity index is 1.98. The molecule has 3 rings (SSSR count). The summed E-state index contributed by atoms with van der Waals surface area (Å²) < 4.78 is 6.96. The van der Waals surface area contributed by atoms with Crippen LogP contribution in [0.4, 0.5) is 0 Å². The van der Waals surface area contributed by atoms with Gasteiger partial charge in [-0.3, -0.25) is 4.79 Å². The highest BCUT2D eigenvalue weighted by molar-refractivity contribution is 5.97. The molecule has 0 radical (unpaired) electrons. The van der Waals surface area contributed by atoms with Gasteiger partial charge in [-0.1, -0.05) is 62.7 Å². The van der Waals surface area contributed by atoms with E-state index in [1.807, 2.05) is 42.5 Å². The van der Waals surface area contributed by atoms with E-state index in [0.29, 0.717) is 18.0 Å². The highest BCUT2D eigenvalue weighted by atomic mass is 16.5. The van der Waals surface area contributed by atoms with Crippen LogP contribution in [0.3, 0.4) is 0 Å². The van der Waals surface area contributed by atoms with Gasteiger partial charge in [-0.25, -0.2) is 0 Å². The molecule has 0 saturated carbocycles. The van der Waals surface area contributed by atoms with E-state index in [1.165, 1.54) is 10.2 Å². The van der Waals surface area contributed by atoms with E-state index >= 15 is 0 Å². The zero-order valence-corrected chi connectivity index (χ0v) is 15.2. The maximum atomic E-state index is 12.9. The van der Waals surface area contributed by atoms with Crippen LogP contribution in [0.25, 0.3) is 11.4 Å². The Morgan fingerprint density at radius 2 is 1.77 bits per heavy atom. The minimum absolute atomic E-state index is 0.224. The van der Waals surface area contributed by atoms with Crippen molar-refractivity contribution in [1.82, 2.24) is 14.8 Å². The van der Waals surface area contributed by atoms with E-state index in [1.54, 1.807) is 12.1 Å². The highest BCUT2D eigenvalue weighted by Gasteiger charge is 2.19. The van der Waals surface area contributed by atoms with E-state index in [2.05, 4.69) is 23.9 Å². The van der Waals surface area contributed by atoms with Gasteiger partial charge in [0.25, 0.3) is 5.91 Å². The van der Waals surface area contributed by atoms with Gasteiger partial charge in [0.05, 0.1) is 6.61 Å². The first-order chi connectivity index (χ1) is 12.7. The molecule has 1 aromatic heterocycles. The van der Waals surface area contributed by atoms with Crippen molar-refractivity contribution in [3.05, 3.63) is 65.7 Å². The van der Waals surface area contributed by atoms with Crippen molar-refractivity contribution in [2.75, 3.05) is 6.61 Å². The number of hydrogen-bond donors (Lipinski definition) is 0. The van der Waals surface area contributed by atoms with E-state index in [0.717, 1.165) is 24.8 Å². The van der Waals surface area contributed by atoms with Crippen LogP contribution in [0.15, 0.2) is 54.6 Å². The Hall–Kier alpha value is -2.95. The largest absolute Gasteiger partial charge is 0.462 e. The predicted octanol–water partition coefficient (Wildman–Crippen LogP) is 4.37. The van der Waals surface area contributed by atoms with E-state index in [-0.39, 0.29) is 11.9 Å². The first-order valence-corrected chi connectivity index (χ1v) is 9.01. The number of nitrogens with zero attached hydrogens (tertiary/aromatic N) is 3. The zero-order chi connectivity index (χ0) is 18.4. The van der Waals surface area contributed by atoms with Crippen molar-refractivity contribution in [2.24, 2.45) is 0 Å². The minimum atomic E-state index is -0.224. The third kappa shape index (κ3) is 3.99. The molecule has 0 amide bonds. The topological polar surface area (TPSA) is 57.0 Å². The second-order valence-corrected chi connectivity index (χ2v) is 6.05. The first kappa shape index (κ1) is 17.9. The van der Waals surface area contributed by atoms with Gasteiger partial charge >= 0.3 is 6.01 Å². The molecule has 0 fully saturated rings. The maximum Gasteiger partial charge on any atom is 0.336 e. The molecule has 0 atom stereocenters. The third-order valence-corrected chi connectivity index (χ3v) is 4.15. The van der Waals surface area contributed by atoms with Crippen molar-refractivity contribution in [3.63, 3.8) is 0 Å². The number of unbranched alkanes of at least 4 members (excludes halogenated alkanes) is 1. The maximum absolute atomic E-state index is 12.9. The second kappa shape index (κ2) is 8.43. The molecule has 0 saturated heterocycles. The van der Waals surface area contributed by atoms with Gasteiger partial charge < -0.3 is 4.74 Å². The number of aryl methyl sites for hydroxylation is 1. The van der Waals surface area contributed by atoms with Crippen LogP contribution in [-0.4, -0.2) is 27.3 Å². The SMILES string of the molecule is CCCCOc1nc(-c2ccc(CC)cc2)n(C(=O)c2ccccc2)n1. The van der Waals surface area contributed by atoms with Gasteiger partial charge in [-0.15, -0.1) is 5.10 Å². The average Bonchev–Trinajstić information content (AvgIpc) is 3.12. The molecule has 2 aromatic carbocycles. The van der Waals surface area contributed by atoms with Crippen LogP contribution in [-0.2, 0) is 6.42 Å². The van der Waals surface area contributed by atoms with Crippen molar-refractivity contribution in [2.45, 2.75) is 33.1 Å². The van der Waals surface area contributed by atoms with Gasteiger partial charge in [-0.2, -0.15) is 9.67 Å². The second-order valence-electron chi connectivity index (χ2n) is 6.05. The summed E-state index contributed by atoms with van der Waals surface area (Å²) in [4.78, 5) is 17.4. The van der Waals surface area contributed by atoms with Gasteiger partial charge in [0.1, 0.15) is 0 Å². The lowest BCUT2D eigenvalue weighted by Gasteiger charge is -2.05. The van der Waals surface area contributed by atoms with Crippen LogP contribution in [0.2, 0.25) is 0 Å². The summed E-state index contributed by atoms with van der Waals surface area (Å²) in [6.45, 7) is 4.74. The summed E-state index contributed by atoms with van der Waals surface area (Å²) in [5.41, 5.74) is 2.63. The number of ether oxygens (including phenoxy) is 1. The smallest absolute Gasteiger partial charge is 0.336 e. The number of aromatic nitrogens is 3. The summed E-state index contributed by atoms with van der Waals surface area (Å²) in [6, 6.07) is 17.3. The summed E-state index contributed by atoms with van der Waals surface area (Å²) in [7, 11) is 0. The fraction of sp³-hybridized carbons (Fsp3) is 0.286. The van der Waals surface area contributed by atoms with Gasteiger partial charge in [0.15, 0.2) is 5.82 Å².